The molecule has 3 rings (SSSR count). The van der Waals surface area contributed by atoms with Gasteiger partial charge in [-0.2, -0.15) is 11.3 Å². The number of piperazine rings is 1. The first-order valence-electron chi connectivity index (χ1n) is 7.92. The van der Waals surface area contributed by atoms with Crippen molar-refractivity contribution in [2.75, 3.05) is 32.8 Å². The molecule has 21 heavy (non-hydrogen) atoms. The van der Waals surface area contributed by atoms with Gasteiger partial charge in [0.2, 0.25) is 0 Å². The van der Waals surface area contributed by atoms with Gasteiger partial charge in [0.15, 0.2) is 0 Å². The Morgan fingerprint density at radius 2 is 2.14 bits per heavy atom. The van der Waals surface area contributed by atoms with E-state index in [1.54, 1.807) is 11.3 Å². The molecule has 2 aliphatic rings. The molecule has 1 amide bonds. The third-order valence-electron chi connectivity index (χ3n) is 4.65. The van der Waals surface area contributed by atoms with Crippen LogP contribution in [0.15, 0.2) is 16.8 Å². The number of carbonyl (C=O) groups excluding carboxylic acids is 1. The van der Waals surface area contributed by atoms with E-state index in [0.717, 1.165) is 52.0 Å². The molecule has 4 nitrogen and oxygen atoms in total. The summed E-state index contributed by atoms with van der Waals surface area (Å²) in [6.07, 6.45) is 2.92. The lowest BCUT2D eigenvalue weighted by atomic mass is 10.1. The number of amides is 1. The van der Waals surface area contributed by atoms with Crippen LogP contribution < -0.4 is 0 Å². The van der Waals surface area contributed by atoms with E-state index in [2.05, 4.69) is 28.7 Å². The summed E-state index contributed by atoms with van der Waals surface area (Å²) in [5.74, 6) is 0.206. The summed E-state index contributed by atoms with van der Waals surface area (Å²) >= 11 is 1.75. The molecule has 0 spiro atoms. The molecule has 0 N–H and O–H groups in total. The van der Waals surface area contributed by atoms with Crippen LogP contribution in [0.25, 0.3) is 0 Å². The third kappa shape index (κ3) is 3.47. The SMILES string of the molecule is CC(c1ccsc1)N1CCN(C(=O)C2CCCCO2)CC1. The standard InChI is InChI=1S/C16H24N2O2S/c1-13(14-5-11-21-12-14)17-6-8-18(9-7-17)16(19)15-4-2-3-10-20-15/h5,11-13,15H,2-4,6-10H2,1H3. The van der Waals surface area contributed by atoms with Crippen LogP contribution in [0, 0.1) is 0 Å². The highest BCUT2D eigenvalue weighted by Gasteiger charge is 2.30. The number of ether oxygens (including phenoxy) is 1. The molecule has 5 heteroatoms. The van der Waals surface area contributed by atoms with Gasteiger partial charge in [0, 0.05) is 38.8 Å². The van der Waals surface area contributed by atoms with Crippen molar-refractivity contribution >= 4 is 17.2 Å². The van der Waals surface area contributed by atoms with Crippen molar-refractivity contribution in [1.82, 2.24) is 9.80 Å². The number of hydrogen-bond donors (Lipinski definition) is 0. The molecule has 116 valence electrons. The number of carbonyl (C=O) groups is 1. The van der Waals surface area contributed by atoms with Crippen LogP contribution in [0.4, 0.5) is 0 Å². The minimum absolute atomic E-state index is 0.181. The van der Waals surface area contributed by atoms with Gasteiger partial charge in [-0.1, -0.05) is 0 Å². The van der Waals surface area contributed by atoms with Gasteiger partial charge in [-0.05, 0) is 48.6 Å². The zero-order chi connectivity index (χ0) is 14.7. The van der Waals surface area contributed by atoms with Crippen LogP contribution in [-0.4, -0.2) is 54.6 Å². The highest BCUT2D eigenvalue weighted by atomic mass is 32.1. The van der Waals surface area contributed by atoms with Gasteiger partial charge in [-0.15, -0.1) is 0 Å². The normalized spacial score (nSPS) is 25.8. The molecule has 0 aromatic carbocycles. The van der Waals surface area contributed by atoms with Gasteiger partial charge >= 0.3 is 0 Å². The Morgan fingerprint density at radius 1 is 1.33 bits per heavy atom. The minimum atomic E-state index is -0.181. The van der Waals surface area contributed by atoms with E-state index in [9.17, 15) is 4.79 Å². The van der Waals surface area contributed by atoms with Crippen molar-refractivity contribution in [2.45, 2.75) is 38.3 Å². The Morgan fingerprint density at radius 3 is 2.76 bits per heavy atom. The molecule has 2 saturated heterocycles. The smallest absolute Gasteiger partial charge is 0.251 e. The summed E-state index contributed by atoms with van der Waals surface area (Å²) in [4.78, 5) is 16.9. The molecule has 0 aliphatic carbocycles. The molecule has 3 heterocycles. The van der Waals surface area contributed by atoms with Crippen LogP contribution in [0.2, 0.25) is 0 Å². The first-order valence-corrected chi connectivity index (χ1v) is 8.86. The average molecular weight is 308 g/mol. The Hall–Kier alpha value is -0.910. The van der Waals surface area contributed by atoms with Crippen LogP contribution in [0.5, 0.6) is 0 Å². The van der Waals surface area contributed by atoms with E-state index < -0.39 is 0 Å². The van der Waals surface area contributed by atoms with Gasteiger partial charge in [0.1, 0.15) is 6.10 Å². The van der Waals surface area contributed by atoms with Crippen LogP contribution in [0.3, 0.4) is 0 Å². The largest absolute Gasteiger partial charge is 0.368 e. The Labute approximate surface area is 130 Å². The summed E-state index contributed by atoms with van der Waals surface area (Å²) in [5.41, 5.74) is 1.38. The fraction of sp³-hybridized carbons (Fsp3) is 0.688. The first kappa shape index (κ1) is 15.0. The predicted molar refractivity (Wildman–Crippen MR) is 84.5 cm³/mol. The second-order valence-corrected chi connectivity index (χ2v) is 6.73. The van der Waals surface area contributed by atoms with Crippen LogP contribution in [-0.2, 0) is 9.53 Å². The molecular weight excluding hydrogens is 284 g/mol. The molecular formula is C16H24N2O2S. The van der Waals surface area contributed by atoms with Crippen molar-refractivity contribution in [1.29, 1.82) is 0 Å². The molecule has 0 saturated carbocycles. The van der Waals surface area contributed by atoms with Gasteiger partial charge in [0.25, 0.3) is 5.91 Å². The van der Waals surface area contributed by atoms with Crippen molar-refractivity contribution in [3.8, 4) is 0 Å². The van der Waals surface area contributed by atoms with Crippen LogP contribution in [0.1, 0.15) is 37.8 Å². The molecule has 2 aliphatic heterocycles. The third-order valence-corrected chi connectivity index (χ3v) is 5.36. The molecule has 0 radical (unpaired) electrons. The maximum atomic E-state index is 12.4. The second-order valence-electron chi connectivity index (χ2n) is 5.95. The molecule has 1 aromatic rings. The summed E-state index contributed by atoms with van der Waals surface area (Å²) in [6.45, 7) is 6.56. The van der Waals surface area contributed by atoms with Gasteiger partial charge in [0.05, 0.1) is 0 Å². The van der Waals surface area contributed by atoms with E-state index in [-0.39, 0.29) is 12.0 Å². The Kier molecular flexibility index (Phi) is 4.93. The lowest BCUT2D eigenvalue weighted by Crippen LogP contribution is -2.52. The number of nitrogens with zero attached hydrogens (tertiary/aromatic N) is 2. The second kappa shape index (κ2) is 6.90. The topological polar surface area (TPSA) is 32.8 Å². The molecule has 0 bridgehead atoms. The van der Waals surface area contributed by atoms with Gasteiger partial charge in [-0.25, -0.2) is 0 Å². The maximum absolute atomic E-state index is 12.4. The van der Waals surface area contributed by atoms with E-state index in [4.69, 9.17) is 4.74 Å². The van der Waals surface area contributed by atoms with Gasteiger partial charge in [-0.3, -0.25) is 9.69 Å². The van der Waals surface area contributed by atoms with E-state index in [1.165, 1.54) is 5.56 Å². The zero-order valence-corrected chi connectivity index (χ0v) is 13.5. The highest BCUT2D eigenvalue weighted by molar-refractivity contribution is 7.07. The number of hydrogen-bond acceptors (Lipinski definition) is 4. The summed E-state index contributed by atoms with van der Waals surface area (Å²) < 4.78 is 5.62. The number of rotatable bonds is 3. The fourth-order valence-corrected chi connectivity index (χ4v) is 3.94. The lowest BCUT2D eigenvalue weighted by Gasteiger charge is -2.39. The maximum Gasteiger partial charge on any atom is 0.251 e. The monoisotopic (exact) mass is 308 g/mol. The molecule has 2 unspecified atom stereocenters. The fourth-order valence-electron chi connectivity index (χ4n) is 3.19. The lowest BCUT2D eigenvalue weighted by molar-refractivity contribution is -0.148. The van der Waals surface area contributed by atoms with E-state index in [1.807, 2.05) is 4.90 Å². The highest BCUT2D eigenvalue weighted by Crippen LogP contribution is 2.24. The van der Waals surface area contributed by atoms with E-state index in [0.29, 0.717) is 6.04 Å². The number of thiophene rings is 1. The summed E-state index contributed by atoms with van der Waals surface area (Å²) in [7, 11) is 0. The van der Waals surface area contributed by atoms with Crippen LogP contribution >= 0.6 is 11.3 Å². The summed E-state index contributed by atoms with van der Waals surface area (Å²) in [6, 6.07) is 2.64. The quantitative estimate of drug-likeness (QED) is 0.860. The molecule has 1 aromatic heterocycles. The van der Waals surface area contributed by atoms with Crippen molar-refractivity contribution in [3.05, 3.63) is 22.4 Å². The molecule has 2 atom stereocenters. The molecule has 2 fully saturated rings. The van der Waals surface area contributed by atoms with Crippen molar-refractivity contribution in [3.63, 3.8) is 0 Å². The first-order chi connectivity index (χ1) is 10.3. The Balaban J connectivity index is 1.51. The Bertz CT molecular complexity index is 449. The minimum Gasteiger partial charge on any atom is -0.368 e. The predicted octanol–water partition coefficient (Wildman–Crippen LogP) is 2.52. The summed E-state index contributed by atoms with van der Waals surface area (Å²) in [5, 5.41) is 4.35. The van der Waals surface area contributed by atoms with E-state index >= 15 is 0 Å². The average Bonchev–Trinajstić information content (AvgIpc) is 3.09. The zero-order valence-electron chi connectivity index (χ0n) is 12.7. The van der Waals surface area contributed by atoms with Crippen molar-refractivity contribution < 1.29 is 9.53 Å². The van der Waals surface area contributed by atoms with Gasteiger partial charge < -0.3 is 9.64 Å². The van der Waals surface area contributed by atoms with Crippen molar-refractivity contribution in [2.24, 2.45) is 0 Å².